The second-order valence-electron chi connectivity index (χ2n) is 5.22. The van der Waals surface area contributed by atoms with Crippen LogP contribution in [0.5, 0.6) is 0 Å². The van der Waals surface area contributed by atoms with Gasteiger partial charge in [-0.2, -0.15) is 0 Å². The van der Waals surface area contributed by atoms with Crippen LogP contribution in [0.4, 0.5) is 0 Å². The van der Waals surface area contributed by atoms with E-state index in [1.807, 2.05) is 12.1 Å². The molecule has 0 spiro atoms. The van der Waals surface area contributed by atoms with Gasteiger partial charge in [-0.1, -0.05) is 55.6 Å². The summed E-state index contributed by atoms with van der Waals surface area (Å²) in [4.78, 5) is 17.0. The topological polar surface area (TPSA) is 48.6 Å². The first-order valence-electron chi connectivity index (χ1n) is 6.58. The molecule has 0 amide bonds. The van der Waals surface area contributed by atoms with E-state index < -0.39 is 0 Å². The average Bonchev–Trinajstić information content (AvgIpc) is 2.76. The zero-order chi connectivity index (χ0) is 15.1. The van der Waals surface area contributed by atoms with Crippen molar-refractivity contribution in [2.75, 3.05) is 0 Å². The summed E-state index contributed by atoms with van der Waals surface area (Å²) in [5.41, 5.74) is 6.23. The van der Waals surface area contributed by atoms with Crippen LogP contribution < -0.4 is 5.69 Å². The van der Waals surface area contributed by atoms with Gasteiger partial charge < -0.3 is 9.97 Å². The van der Waals surface area contributed by atoms with Gasteiger partial charge in [-0.3, -0.25) is 0 Å². The number of H-pyrrole nitrogens is 2. The molecule has 2 N–H and O–H groups in total. The first kappa shape index (κ1) is 14.6. The predicted molar refractivity (Wildman–Crippen MR) is 93.3 cm³/mol. The molecule has 108 valence electrons. The summed E-state index contributed by atoms with van der Waals surface area (Å²) in [6.07, 6.45) is 0. The van der Waals surface area contributed by atoms with E-state index in [9.17, 15) is 4.79 Å². The van der Waals surface area contributed by atoms with Gasteiger partial charge >= 0.3 is 5.69 Å². The lowest BCUT2D eigenvalue weighted by Crippen LogP contribution is -1.99. The van der Waals surface area contributed by atoms with E-state index in [1.165, 1.54) is 16.7 Å². The molecule has 1 aromatic heterocycles. The fourth-order valence-corrected chi connectivity index (χ4v) is 4.32. The molecule has 0 aliphatic rings. The van der Waals surface area contributed by atoms with Crippen LogP contribution in [0, 0.1) is 13.8 Å². The Labute approximate surface area is 139 Å². The number of alkyl halides is 1. The van der Waals surface area contributed by atoms with Crippen LogP contribution >= 0.6 is 31.9 Å². The monoisotopic (exact) mass is 408 g/mol. The highest BCUT2D eigenvalue weighted by molar-refractivity contribution is 9.11. The Balaban J connectivity index is 2.14. The Hall–Kier alpha value is -1.33. The van der Waals surface area contributed by atoms with Crippen LogP contribution in [-0.2, 0) is 0 Å². The van der Waals surface area contributed by atoms with Crippen molar-refractivity contribution in [2.45, 2.75) is 18.7 Å². The third kappa shape index (κ3) is 2.72. The maximum atomic E-state index is 11.4. The number of aromatic nitrogens is 2. The number of halogens is 2. The number of aryl methyl sites for hydroxylation is 2. The largest absolute Gasteiger partial charge is 0.323 e. The van der Waals surface area contributed by atoms with E-state index in [1.54, 1.807) is 0 Å². The van der Waals surface area contributed by atoms with Crippen molar-refractivity contribution >= 4 is 42.9 Å². The molecule has 0 fully saturated rings. The van der Waals surface area contributed by atoms with E-state index >= 15 is 0 Å². The minimum absolute atomic E-state index is 0.0651. The number of aromatic amines is 2. The Morgan fingerprint density at radius 2 is 1.67 bits per heavy atom. The van der Waals surface area contributed by atoms with Crippen molar-refractivity contribution in [1.82, 2.24) is 9.97 Å². The summed E-state index contributed by atoms with van der Waals surface area (Å²) in [6, 6.07) is 10.4. The van der Waals surface area contributed by atoms with Gasteiger partial charge in [0.1, 0.15) is 0 Å². The van der Waals surface area contributed by atoms with Crippen molar-refractivity contribution in [3.05, 3.63) is 67.5 Å². The van der Waals surface area contributed by atoms with Gasteiger partial charge in [-0.05, 0) is 42.7 Å². The van der Waals surface area contributed by atoms with Crippen LogP contribution in [0.15, 0.2) is 39.6 Å². The lowest BCUT2D eigenvalue weighted by Gasteiger charge is -2.16. The fraction of sp³-hybridized carbons (Fsp3) is 0.188. The molecule has 0 saturated carbocycles. The van der Waals surface area contributed by atoms with Crippen LogP contribution in [0.25, 0.3) is 11.0 Å². The van der Waals surface area contributed by atoms with E-state index in [0.29, 0.717) is 0 Å². The van der Waals surface area contributed by atoms with E-state index in [4.69, 9.17) is 0 Å². The van der Waals surface area contributed by atoms with E-state index in [2.05, 4.69) is 73.9 Å². The molecule has 1 atom stereocenters. The minimum Gasteiger partial charge on any atom is -0.306 e. The highest BCUT2D eigenvalue weighted by Gasteiger charge is 2.17. The van der Waals surface area contributed by atoms with Gasteiger partial charge in [-0.25, -0.2) is 4.79 Å². The first-order chi connectivity index (χ1) is 9.95. The number of rotatable bonds is 2. The van der Waals surface area contributed by atoms with Crippen molar-refractivity contribution in [3.8, 4) is 0 Å². The molecule has 1 heterocycles. The van der Waals surface area contributed by atoms with Crippen LogP contribution in [0.2, 0.25) is 0 Å². The Kier molecular flexibility index (Phi) is 3.80. The molecule has 3 aromatic rings. The second-order valence-corrected chi connectivity index (χ2v) is 6.99. The Morgan fingerprint density at radius 1 is 1.00 bits per heavy atom. The number of hydrogen-bond acceptors (Lipinski definition) is 1. The molecule has 0 aliphatic carbocycles. The summed E-state index contributed by atoms with van der Waals surface area (Å²) < 4.78 is 0.965. The normalized spacial score (nSPS) is 12.8. The van der Waals surface area contributed by atoms with Gasteiger partial charge in [0.05, 0.1) is 15.9 Å². The molecule has 2 aromatic carbocycles. The van der Waals surface area contributed by atoms with Gasteiger partial charge in [-0.15, -0.1) is 0 Å². The molecule has 0 aliphatic heterocycles. The first-order valence-corrected chi connectivity index (χ1v) is 8.29. The fourth-order valence-electron chi connectivity index (χ4n) is 2.54. The third-order valence-corrected chi connectivity index (χ3v) is 5.28. The maximum Gasteiger partial charge on any atom is 0.323 e. The summed E-state index contributed by atoms with van der Waals surface area (Å²) in [5, 5.41) is 0. The molecule has 5 heteroatoms. The number of nitrogens with one attached hydrogen (secondary N) is 2. The molecule has 0 saturated heterocycles. The smallest absolute Gasteiger partial charge is 0.306 e. The third-order valence-electron chi connectivity index (χ3n) is 3.60. The quantitative estimate of drug-likeness (QED) is 0.591. The standard InChI is InChI=1S/C16H14Br2N2O/c1-8-3-4-10(9(2)5-8)15(18)11-6-13-14(7-12(11)17)20-16(21)19-13/h3-7,15H,1-2H3,(H2,19,20,21). The highest BCUT2D eigenvalue weighted by atomic mass is 79.9. The number of hydrogen-bond donors (Lipinski definition) is 2. The van der Waals surface area contributed by atoms with Crippen LogP contribution in [0.3, 0.4) is 0 Å². The van der Waals surface area contributed by atoms with Crippen molar-refractivity contribution in [1.29, 1.82) is 0 Å². The highest BCUT2D eigenvalue weighted by Crippen LogP contribution is 2.38. The molecule has 3 rings (SSSR count). The lowest BCUT2D eigenvalue weighted by atomic mass is 9.98. The summed E-state index contributed by atoms with van der Waals surface area (Å²) in [7, 11) is 0. The molecule has 0 bridgehead atoms. The van der Waals surface area contributed by atoms with Gasteiger partial charge in [0.2, 0.25) is 0 Å². The van der Waals surface area contributed by atoms with E-state index in [-0.39, 0.29) is 10.5 Å². The van der Waals surface area contributed by atoms with Crippen molar-refractivity contribution < 1.29 is 0 Å². The number of benzene rings is 2. The van der Waals surface area contributed by atoms with Crippen LogP contribution in [-0.4, -0.2) is 9.97 Å². The molecule has 21 heavy (non-hydrogen) atoms. The summed E-state index contributed by atoms with van der Waals surface area (Å²) in [6.45, 7) is 4.20. The predicted octanol–water partition coefficient (Wildman–Crippen LogP) is 4.72. The molecule has 0 radical (unpaired) electrons. The van der Waals surface area contributed by atoms with Gasteiger partial charge in [0.25, 0.3) is 0 Å². The van der Waals surface area contributed by atoms with Gasteiger partial charge in [0.15, 0.2) is 0 Å². The van der Waals surface area contributed by atoms with Crippen LogP contribution in [0.1, 0.15) is 27.1 Å². The molecule has 3 nitrogen and oxygen atoms in total. The van der Waals surface area contributed by atoms with E-state index in [0.717, 1.165) is 21.1 Å². The lowest BCUT2D eigenvalue weighted by molar-refractivity contribution is 1.13. The molecular formula is C16H14Br2N2O. The zero-order valence-electron chi connectivity index (χ0n) is 11.6. The SMILES string of the molecule is Cc1ccc(C(Br)c2cc3[nH]c(=O)[nH]c3cc2Br)c(C)c1. The second kappa shape index (κ2) is 5.46. The minimum atomic E-state index is -0.188. The molecule has 1 unspecified atom stereocenters. The Bertz CT molecular complexity index is 880. The zero-order valence-corrected chi connectivity index (χ0v) is 14.8. The number of fused-ring (bicyclic) bond motifs is 1. The Morgan fingerprint density at radius 3 is 2.33 bits per heavy atom. The average molecular weight is 410 g/mol. The van der Waals surface area contributed by atoms with Crippen molar-refractivity contribution in [3.63, 3.8) is 0 Å². The summed E-state index contributed by atoms with van der Waals surface area (Å²) in [5.74, 6) is 0. The van der Waals surface area contributed by atoms with Crippen molar-refractivity contribution in [2.24, 2.45) is 0 Å². The maximum absolute atomic E-state index is 11.4. The molecular weight excluding hydrogens is 396 g/mol. The van der Waals surface area contributed by atoms with Gasteiger partial charge in [0, 0.05) is 4.47 Å². The number of imidazole rings is 1. The summed E-state index contributed by atoms with van der Waals surface area (Å²) >= 11 is 7.38.